The van der Waals surface area contributed by atoms with Crippen molar-refractivity contribution in [1.82, 2.24) is 0 Å². The molecule has 0 bridgehead atoms. The Morgan fingerprint density at radius 1 is 0.476 bits per heavy atom. The summed E-state index contributed by atoms with van der Waals surface area (Å²) in [4.78, 5) is 8.38. The molecule has 5 rings (SSSR count). The second-order valence-corrected chi connectivity index (χ2v) is 8.74. The van der Waals surface area contributed by atoms with Gasteiger partial charge in [-0.1, -0.05) is 24.3 Å². The lowest BCUT2D eigenvalue weighted by atomic mass is 10.2. The van der Waals surface area contributed by atoms with Gasteiger partial charge in [-0.05, 0) is 72.8 Å². The van der Waals surface area contributed by atoms with Gasteiger partial charge in [0.15, 0.2) is 0 Å². The SMILES string of the molecule is Oc1ccccc1C=Nc1ccc(Oc2c(F)c(F)c(Oc3ccc(N=Cc4ccccc4O)cc3)c(F)c2F)cc1. The minimum Gasteiger partial charge on any atom is -0.507 e. The fourth-order valence-corrected chi connectivity index (χ4v) is 3.69. The fourth-order valence-electron chi connectivity index (χ4n) is 3.69. The van der Waals surface area contributed by atoms with Crippen LogP contribution >= 0.6 is 0 Å². The molecule has 0 amide bonds. The molecule has 0 aliphatic rings. The summed E-state index contributed by atoms with van der Waals surface area (Å²) < 4.78 is 69.4. The first-order valence-corrected chi connectivity index (χ1v) is 12.4. The van der Waals surface area contributed by atoms with E-state index < -0.39 is 34.8 Å². The van der Waals surface area contributed by atoms with Crippen molar-refractivity contribution in [1.29, 1.82) is 0 Å². The van der Waals surface area contributed by atoms with Crippen molar-refractivity contribution in [2.75, 3.05) is 0 Å². The topological polar surface area (TPSA) is 83.6 Å². The second-order valence-electron chi connectivity index (χ2n) is 8.74. The number of aromatic hydroxyl groups is 2. The zero-order valence-electron chi connectivity index (χ0n) is 21.5. The number of halogens is 4. The summed E-state index contributed by atoms with van der Waals surface area (Å²) in [5, 5.41) is 19.6. The Bertz CT molecular complexity index is 1630. The standard InChI is InChI=1S/C32H20F4N2O4/c33-27-29(35)32(42-24-15-11-22(12-16-24)38-18-20-6-2-4-8-26(20)40)30(36)28(34)31(27)41-23-13-9-21(10-14-23)37-17-19-5-1-3-7-25(19)39/h1-18,39-40H. The highest BCUT2D eigenvalue weighted by Crippen LogP contribution is 2.39. The van der Waals surface area contributed by atoms with Gasteiger partial charge in [0.2, 0.25) is 34.8 Å². The predicted molar refractivity (Wildman–Crippen MR) is 150 cm³/mol. The fraction of sp³-hybridized carbons (Fsp3) is 0. The molecule has 0 unspecified atom stereocenters. The van der Waals surface area contributed by atoms with E-state index in [4.69, 9.17) is 9.47 Å². The van der Waals surface area contributed by atoms with Crippen LogP contribution in [0.3, 0.4) is 0 Å². The molecule has 0 aliphatic carbocycles. The van der Waals surface area contributed by atoms with Crippen LogP contribution in [0.2, 0.25) is 0 Å². The van der Waals surface area contributed by atoms with Crippen LogP contribution in [-0.2, 0) is 0 Å². The minimum absolute atomic E-state index is 0.0375. The van der Waals surface area contributed by atoms with E-state index in [1.165, 1.54) is 73.1 Å². The van der Waals surface area contributed by atoms with Gasteiger partial charge < -0.3 is 19.7 Å². The summed E-state index contributed by atoms with van der Waals surface area (Å²) in [6.07, 6.45) is 2.84. The molecule has 10 heteroatoms. The largest absolute Gasteiger partial charge is 0.507 e. The highest BCUT2D eigenvalue weighted by molar-refractivity contribution is 5.85. The molecule has 0 atom stereocenters. The highest BCUT2D eigenvalue weighted by atomic mass is 19.2. The van der Waals surface area contributed by atoms with E-state index in [9.17, 15) is 27.8 Å². The van der Waals surface area contributed by atoms with E-state index in [1.54, 1.807) is 36.4 Å². The summed E-state index contributed by atoms with van der Waals surface area (Å²) in [5.74, 6) is -9.84. The third kappa shape index (κ3) is 6.23. The number of phenols is 2. The monoisotopic (exact) mass is 572 g/mol. The summed E-state index contributed by atoms with van der Waals surface area (Å²) in [6.45, 7) is 0. The van der Waals surface area contributed by atoms with Crippen LogP contribution in [0, 0.1) is 23.3 Å². The molecule has 42 heavy (non-hydrogen) atoms. The van der Waals surface area contributed by atoms with Gasteiger partial charge in [-0.3, -0.25) is 9.98 Å². The molecule has 5 aromatic rings. The Hall–Kier alpha value is -5.64. The smallest absolute Gasteiger partial charge is 0.208 e. The molecule has 2 N–H and O–H groups in total. The molecule has 0 spiro atoms. The van der Waals surface area contributed by atoms with Gasteiger partial charge in [-0.15, -0.1) is 0 Å². The third-order valence-corrected chi connectivity index (χ3v) is 5.88. The maximum atomic E-state index is 14.8. The molecular formula is C32H20F4N2O4. The van der Waals surface area contributed by atoms with Crippen molar-refractivity contribution in [3.8, 4) is 34.5 Å². The van der Waals surface area contributed by atoms with Gasteiger partial charge in [0.25, 0.3) is 0 Å². The summed E-state index contributed by atoms with van der Waals surface area (Å²) in [6, 6.07) is 24.1. The van der Waals surface area contributed by atoms with Crippen molar-refractivity contribution >= 4 is 23.8 Å². The van der Waals surface area contributed by atoms with Crippen LogP contribution in [0.1, 0.15) is 11.1 Å². The maximum Gasteiger partial charge on any atom is 0.208 e. The Balaban J connectivity index is 1.30. The van der Waals surface area contributed by atoms with Crippen molar-refractivity contribution in [2.45, 2.75) is 0 Å². The zero-order valence-corrected chi connectivity index (χ0v) is 21.5. The van der Waals surface area contributed by atoms with Crippen LogP contribution in [0.4, 0.5) is 28.9 Å². The molecule has 6 nitrogen and oxygen atoms in total. The van der Waals surface area contributed by atoms with Gasteiger partial charge in [0.1, 0.15) is 23.0 Å². The summed E-state index contributed by atoms with van der Waals surface area (Å²) >= 11 is 0. The summed E-state index contributed by atoms with van der Waals surface area (Å²) in [5.41, 5.74) is 1.79. The van der Waals surface area contributed by atoms with Crippen molar-refractivity contribution < 1.29 is 37.2 Å². The average Bonchev–Trinajstić information content (AvgIpc) is 3.01. The number of para-hydroxylation sites is 2. The first kappa shape index (κ1) is 27.9. The van der Waals surface area contributed by atoms with E-state index in [-0.39, 0.29) is 23.0 Å². The van der Waals surface area contributed by atoms with Gasteiger partial charge >= 0.3 is 0 Å². The van der Waals surface area contributed by atoms with E-state index in [0.717, 1.165) is 0 Å². The summed E-state index contributed by atoms with van der Waals surface area (Å²) in [7, 11) is 0. The normalized spacial score (nSPS) is 11.3. The molecule has 0 heterocycles. The van der Waals surface area contributed by atoms with Crippen LogP contribution < -0.4 is 9.47 Å². The van der Waals surface area contributed by atoms with Gasteiger partial charge in [0.05, 0.1) is 11.4 Å². The molecule has 0 saturated heterocycles. The Kier molecular flexibility index (Phi) is 8.14. The molecule has 210 valence electrons. The Morgan fingerprint density at radius 3 is 1.14 bits per heavy atom. The van der Waals surface area contributed by atoms with Crippen LogP contribution in [0.5, 0.6) is 34.5 Å². The van der Waals surface area contributed by atoms with E-state index in [2.05, 4.69) is 9.98 Å². The van der Waals surface area contributed by atoms with Crippen LogP contribution in [0.25, 0.3) is 0 Å². The third-order valence-electron chi connectivity index (χ3n) is 5.88. The number of aliphatic imine (C=N–C) groups is 2. The molecule has 0 saturated carbocycles. The van der Waals surface area contributed by atoms with Crippen molar-refractivity contribution in [3.63, 3.8) is 0 Å². The van der Waals surface area contributed by atoms with Crippen molar-refractivity contribution in [2.24, 2.45) is 9.98 Å². The molecule has 0 radical (unpaired) electrons. The second kappa shape index (κ2) is 12.3. The average molecular weight is 573 g/mol. The molecule has 5 aromatic carbocycles. The molecular weight excluding hydrogens is 552 g/mol. The zero-order chi connectivity index (χ0) is 29.6. The lowest BCUT2D eigenvalue weighted by Crippen LogP contribution is -2.03. The Morgan fingerprint density at radius 2 is 0.810 bits per heavy atom. The lowest BCUT2D eigenvalue weighted by molar-refractivity contribution is 0.330. The molecule has 0 aliphatic heterocycles. The predicted octanol–water partition coefficient (Wildman–Crippen LogP) is 8.74. The van der Waals surface area contributed by atoms with Gasteiger partial charge in [-0.2, -0.15) is 17.6 Å². The quantitative estimate of drug-likeness (QED) is 0.111. The Labute approximate surface area is 237 Å². The number of hydrogen-bond acceptors (Lipinski definition) is 6. The van der Waals surface area contributed by atoms with E-state index in [0.29, 0.717) is 22.5 Å². The number of rotatable bonds is 8. The number of benzene rings is 5. The molecule has 0 aromatic heterocycles. The van der Waals surface area contributed by atoms with Crippen LogP contribution in [-0.4, -0.2) is 22.6 Å². The first-order chi connectivity index (χ1) is 20.3. The highest BCUT2D eigenvalue weighted by Gasteiger charge is 2.29. The van der Waals surface area contributed by atoms with Gasteiger partial charge in [-0.25, -0.2) is 0 Å². The first-order valence-electron chi connectivity index (χ1n) is 12.4. The maximum absolute atomic E-state index is 14.8. The number of phenolic OH excluding ortho intramolecular Hbond substituents is 2. The minimum atomic E-state index is -1.78. The van der Waals surface area contributed by atoms with Crippen LogP contribution in [0.15, 0.2) is 107 Å². The van der Waals surface area contributed by atoms with E-state index in [1.807, 2.05) is 0 Å². The number of ether oxygens (including phenoxy) is 2. The number of nitrogens with zero attached hydrogens (tertiary/aromatic N) is 2. The lowest BCUT2D eigenvalue weighted by Gasteiger charge is -2.13. The van der Waals surface area contributed by atoms with Crippen molar-refractivity contribution in [3.05, 3.63) is 131 Å². The number of hydrogen-bond donors (Lipinski definition) is 2. The van der Waals surface area contributed by atoms with Gasteiger partial charge in [0, 0.05) is 23.6 Å². The molecule has 0 fully saturated rings. The van der Waals surface area contributed by atoms with E-state index >= 15 is 0 Å².